The van der Waals surface area contributed by atoms with Crippen LogP contribution in [0, 0.1) is 6.57 Å². The summed E-state index contributed by atoms with van der Waals surface area (Å²) in [7, 11) is 4.90. The minimum Gasteiger partial charge on any atom is -0.493 e. The Balaban J connectivity index is 1.74. The number of methoxy groups -OCH3 is 2. The van der Waals surface area contributed by atoms with Gasteiger partial charge in [-0.25, -0.2) is 0 Å². The fourth-order valence-corrected chi connectivity index (χ4v) is 4.33. The third kappa shape index (κ3) is 4.65. The van der Waals surface area contributed by atoms with Gasteiger partial charge in [0.15, 0.2) is 5.75 Å². The maximum Gasteiger partial charge on any atom is 0.275 e. The summed E-state index contributed by atoms with van der Waals surface area (Å²) in [6.45, 7) is 11.8. The van der Waals surface area contributed by atoms with Crippen molar-refractivity contribution < 1.29 is 14.3 Å². The van der Waals surface area contributed by atoms with E-state index in [-0.39, 0.29) is 5.91 Å². The molecule has 1 aliphatic rings. The van der Waals surface area contributed by atoms with Gasteiger partial charge in [-0.15, -0.1) is 4.98 Å². The number of amides is 1. The normalized spacial score (nSPS) is 12.9. The van der Waals surface area contributed by atoms with Gasteiger partial charge >= 0.3 is 0 Å². The number of nitrogens with one attached hydrogen (secondary N) is 1. The van der Waals surface area contributed by atoms with Gasteiger partial charge < -0.3 is 24.5 Å². The second kappa shape index (κ2) is 9.53. The van der Waals surface area contributed by atoms with E-state index in [9.17, 15) is 4.79 Å². The first-order valence-electron chi connectivity index (χ1n) is 11.0. The Hall–Kier alpha value is -3.67. The fraction of sp³-hybridized carbons (Fsp3) is 0.308. The molecule has 0 spiro atoms. The van der Waals surface area contributed by atoms with Crippen LogP contribution in [0.25, 0.3) is 4.85 Å². The van der Waals surface area contributed by atoms with Crippen molar-refractivity contribution in [2.45, 2.75) is 32.4 Å². The van der Waals surface area contributed by atoms with Crippen LogP contribution in [0.4, 0.5) is 17.2 Å². The Labute approximate surface area is 209 Å². The number of pyridine rings is 2. The van der Waals surface area contributed by atoms with Crippen molar-refractivity contribution >= 4 is 34.7 Å². The summed E-state index contributed by atoms with van der Waals surface area (Å²) in [6.07, 6.45) is 0.392. The van der Waals surface area contributed by atoms with Crippen molar-refractivity contribution in [3.8, 4) is 5.75 Å². The molecular weight excluding hydrogens is 466 g/mol. The van der Waals surface area contributed by atoms with Crippen molar-refractivity contribution in [3.63, 3.8) is 0 Å². The highest BCUT2D eigenvalue weighted by Gasteiger charge is 2.31. The predicted octanol–water partition coefficient (Wildman–Crippen LogP) is 5.49. The smallest absolute Gasteiger partial charge is 0.275 e. The first-order valence-corrected chi connectivity index (χ1v) is 11.4. The predicted molar refractivity (Wildman–Crippen MR) is 135 cm³/mol. The molecular formula is C26H26ClN5O3. The van der Waals surface area contributed by atoms with E-state index in [2.05, 4.69) is 15.1 Å². The van der Waals surface area contributed by atoms with Crippen LogP contribution in [0.15, 0.2) is 36.4 Å². The molecule has 35 heavy (non-hydrogen) atoms. The van der Waals surface area contributed by atoms with Crippen LogP contribution in [-0.4, -0.2) is 42.0 Å². The number of fused-ring (bicyclic) bond motifs is 1. The van der Waals surface area contributed by atoms with E-state index >= 15 is 0 Å². The van der Waals surface area contributed by atoms with Crippen molar-refractivity contribution in [1.29, 1.82) is 0 Å². The molecule has 0 fully saturated rings. The number of hydrogen-bond donors (Lipinski definition) is 1. The summed E-state index contributed by atoms with van der Waals surface area (Å²) < 4.78 is 11.0. The van der Waals surface area contributed by atoms with Crippen molar-refractivity contribution in [1.82, 2.24) is 14.9 Å². The molecule has 0 bridgehead atoms. The number of carbonyl (C=O) groups is 1. The molecule has 8 nitrogen and oxygen atoms in total. The van der Waals surface area contributed by atoms with Crippen LogP contribution in [0.2, 0.25) is 5.02 Å². The zero-order valence-corrected chi connectivity index (χ0v) is 21.0. The van der Waals surface area contributed by atoms with E-state index < -0.39 is 5.60 Å². The van der Waals surface area contributed by atoms with Crippen molar-refractivity contribution in [2.24, 2.45) is 0 Å². The number of hydrogen-bond acceptors (Lipinski definition) is 6. The van der Waals surface area contributed by atoms with Gasteiger partial charge in [0.1, 0.15) is 5.69 Å². The first kappa shape index (κ1) is 24.5. The zero-order valence-electron chi connectivity index (χ0n) is 20.3. The van der Waals surface area contributed by atoms with Crippen LogP contribution in [0.1, 0.15) is 46.9 Å². The lowest BCUT2D eigenvalue weighted by molar-refractivity contribution is 0.0197. The molecule has 0 saturated heterocycles. The summed E-state index contributed by atoms with van der Waals surface area (Å²) in [5.41, 5.74) is 3.97. The Kier molecular flexibility index (Phi) is 6.66. The third-order valence-electron chi connectivity index (χ3n) is 6.10. The van der Waals surface area contributed by atoms with E-state index in [1.807, 2.05) is 44.2 Å². The van der Waals surface area contributed by atoms with Gasteiger partial charge in [0.05, 0.1) is 59.0 Å². The third-order valence-corrected chi connectivity index (χ3v) is 6.39. The molecule has 180 valence electrons. The lowest BCUT2D eigenvalue weighted by atomic mass is 9.98. The number of aromatic nitrogens is 2. The average Bonchev–Trinajstić information content (AvgIpc) is 3.12. The number of carbonyl (C=O) groups excluding carboxylic acids is 1. The number of nitrogens with zero attached hydrogens (tertiary/aromatic N) is 4. The molecule has 1 amide bonds. The highest BCUT2D eigenvalue weighted by atomic mass is 35.5. The molecule has 3 aromatic rings. The molecule has 0 radical (unpaired) electrons. The fourth-order valence-electron chi connectivity index (χ4n) is 4.08. The number of para-hydroxylation sites is 1. The maximum atomic E-state index is 12.9. The first-order chi connectivity index (χ1) is 16.7. The minimum atomic E-state index is -0.630. The molecule has 1 N–H and O–H groups in total. The molecule has 0 atom stereocenters. The molecule has 2 aromatic heterocycles. The maximum absolute atomic E-state index is 12.9. The molecule has 9 heteroatoms. The Morgan fingerprint density at radius 2 is 1.94 bits per heavy atom. The van der Waals surface area contributed by atoms with E-state index in [1.165, 1.54) is 0 Å². The van der Waals surface area contributed by atoms with Crippen LogP contribution in [0.3, 0.4) is 0 Å². The van der Waals surface area contributed by atoms with Gasteiger partial charge in [-0.1, -0.05) is 30.3 Å². The summed E-state index contributed by atoms with van der Waals surface area (Å²) >= 11 is 6.29. The quantitative estimate of drug-likeness (QED) is 0.440. The Morgan fingerprint density at radius 3 is 2.63 bits per heavy atom. The van der Waals surface area contributed by atoms with Gasteiger partial charge in [0, 0.05) is 19.7 Å². The molecule has 0 saturated carbocycles. The van der Waals surface area contributed by atoms with E-state index in [0.29, 0.717) is 57.9 Å². The average molecular weight is 492 g/mol. The standard InChI is InChI=1S/C26H26ClN5O3/c1-26(2,35-6)17-11-10-15(30-24(17)28-3)12-16-13-20(22-21(29-16)14-32(4)25(22)33)31-19-9-7-8-18(27)23(19)34-5/h7-11,13H,12,14H2,1-2,4-6H3,(H,29,31). The lowest BCUT2D eigenvalue weighted by Crippen LogP contribution is -2.20. The Bertz CT molecular complexity index is 1350. The highest BCUT2D eigenvalue weighted by molar-refractivity contribution is 6.32. The Morgan fingerprint density at radius 1 is 1.17 bits per heavy atom. The minimum absolute atomic E-state index is 0.109. The van der Waals surface area contributed by atoms with E-state index in [1.54, 1.807) is 32.2 Å². The molecule has 0 unspecified atom stereocenters. The molecule has 0 aliphatic carbocycles. The molecule has 1 aliphatic heterocycles. The number of halogens is 1. The van der Waals surface area contributed by atoms with Crippen LogP contribution >= 0.6 is 11.6 Å². The van der Waals surface area contributed by atoms with Gasteiger partial charge in [0.25, 0.3) is 11.7 Å². The van der Waals surface area contributed by atoms with Crippen molar-refractivity contribution in [2.75, 3.05) is 26.6 Å². The van der Waals surface area contributed by atoms with Crippen LogP contribution in [0.5, 0.6) is 5.75 Å². The topological polar surface area (TPSA) is 80.9 Å². The molecule has 1 aromatic carbocycles. The molecule has 3 heterocycles. The van der Waals surface area contributed by atoms with Crippen LogP contribution < -0.4 is 10.1 Å². The SMILES string of the molecule is [C-]#[N+]c1nc(Cc2cc(Nc3cccc(Cl)c3OC)c3c(n2)CN(C)C3=O)ccc1C(C)(C)OC. The zero-order chi connectivity index (χ0) is 25.3. The highest BCUT2D eigenvalue weighted by Crippen LogP contribution is 2.38. The second-order valence-electron chi connectivity index (χ2n) is 8.77. The summed E-state index contributed by atoms with van der Waals surface area (Å²) in [4.78, 5) is 27.4. The summed E-state index contributed by atoms with van der Waals surface area (Å²) in [5.74, 6) is 0.675. The number of benzene rings is 1. The number of ether oxygens (including phenoxy) is 2. The number of rotatable bonds is 7. The molecule has 4 rings (SSSR count). The largest absolute Gasteiger partial charge is 0.493 e. The van der Waals surface area contributed by atoms with Gasteiger partial charge in [-0.3, -0.25) is 9.78 Å². The van der Waals surface area contributed by atoms with Crippen molar-refractivity contribution in [3.05, 3.63) is 81.0 Å². The second-order valence-corrected chi connectivity index (χ2v) is 9.17. The monoisotopic (exact) mass is 491 g/mol. The van der Waals surface area contributed by atoms with Gasteiger partial charge in [-0.2, -0.15) is 0 Å². The van der Waals surface area contributed by atoms with Gasteiger partial charge in [-0.05, 0) is 38.1 Å². The van der Waals surface area contributed by atoms with E-state index in [0.717, 1.165) is 11.3 Å². The van der Waals surface area contributed by atoms with E-state index in [4.69, 9.17) is 32.6 Å². The summed E-state index contributed by atoms with van der Waals surface area (Å²) in [6, 6.07) is 11.0. The lowest BCUT2D eigenvalue weighted by Gasteiger charge is -2.24. The van der Waals surface area contributed by atoms with Gasteiger partial charge in [0.2, 0.25) is 0 Å². The van der Waals surface area contributed by atoms with Crippen LogP contribution in [-0.2, 0) is 23.3 Å². The number of anilines is 2. The summed E-state index contributed by atoms with van der Waals surface area (Å²) in [5, 5.41) is 3.78.